The summed E-state index contributed by atoms with van der Waals surface area (Å²) in [6.07, 6.45) is 1.81. The highest BCUT2D eigenvalue weighted by molar-refractivity contribution is 6.30. The van der Waals surface area contributed by atoms with Crippen LogP contribution in [0, 0.1) is 6.92 Å². The van der Waals surface area contributed by atoms with Gasteiger partial charge in [-0.2, -0.15) is 5.10 Å². The van der Waals surface area contributed by atoms with E-state index in [1.165, 1.54) is 0 Å². The summed E-state index contributed by atoms with van der Waals surface area (Å²) in [4.78, 5) is 12.2. The molecule has 21 heavy (non-hydrogen) atoms. The molecule has 0 saturated carbocycles. The number of aromatic nitrogens is 2. The summed E-state index contributed by atoms with van der Waals surface area (Å²) < 4.78 is 6.83. The van der Waals surface area contributed by atoms with Gasteiger partial charge in [0.05, 0.1) is 12.3 Å². The summed E-state index contributed by atoms with van der Waals surface area (Å²) in [7, 11) is 1.82. The Morgan fingerprint density at radius 2 is 2.29 bits per heavy atom. The van der Waals surface area contributed by atoms with Crippen molar-refractivity contribution in [3.05, 3.63) is 46.7 Å². The first-order chi connectivity index (χ1) is 10.0. The van der Waals surface area contributed by atoms with E-state index in [1.807, 2.05) is 32.3 Å². The molecule has 6 heteroatoms. The second-order valence-electron chi connectivity index (χ2n) is 4.68. The highest BCUT2D eigenvalue weighted by Crippen LogP contribution is 2.25. The van der Waals surface area contributed by atoms with Gasteiger partial charge in [-0.15, -0.1) is 0 Å². The van der Waals surface area contributed by atoms with Gasteiger partial charge in [0, 0.05) is 29.5 Å². The number of hydrogen-bond donors (Lipinski definition) is 1. The molecule has 1 atom stereocenters. The number of hydrogen-bond acceptors (Lipinski definition) is 4. The van der Waals surface area contributed by atoms with Crippen LogP contribution in [0.25, 0.3) is 0 Å². The van der Waals surface area contributed by atoms with Crippen LogP contribution in [-0.2, 0) is 16.6 Å². The minimum Gasteiger partial charge on any atom is -0.464 e. The fraction of sp³-hybridized carbons (Fsp3) is 0.333. The third-order valence-electron chi connectivity index (χ3n) is 3.02. The summed E-state index contributed by atoms with van der Waals surface area (Å²) in [5.74, 6) is -0.339. The number of benzene rings is 1. The first-order valence-electron chi connectivity index (χ1n) is 6.70. The second-order valence-corrected chi connectivity index (χ2v) is 5.12. The van der Waals surface area contributed by atoms with Crippen LogP contribution >= 0.6 is 11.6 Å². The van der Waals surface area contributed by atoms with E-state index in [0.717, 1.165) is 16.9 Å². The normalized spacial score (nSPS) is 12.0. The van der Waals surface area contributed by atoms with E-state index in [-0.39, 0.29) is 5.97 Å². The average Bonchev–Trinajstić information content (AvgIpc) is 2.75. The van der Waals surface area contributed by atoms with E-state index in [0.29, 0.717) is 11.6 Å². The standard InChI is InChI=1S/C15H18ClN3O2/c1-4-21-15(20)14(13-9-19(3)18-10(13)2)17-12-7-5-6-11(16)8-12/h5-9,14,17H,4H2,1-3H3. The zero-order valence-electron chi connectivity index (χ0n) is 12.3. The van der Waals surface area contributed by atoms with Crippen molar-refractivity contribution in [3.63, 3.8) is 0 Å². The zero-order chi connectivity index (χ0) is 15.4. The molecule has 0 saturated heterocycles. The zero-order valence-corrected chi connectivity index (χ0v) is 13.0. The molecule has 2 rings (SSSR count). The molecule has 1 N–H and O–H groups in total. The quantitative estimate of drug-likeness (QED) is 0.862. The molecule has 112 valence electrons. The largest absolute Gasteiger partial charge is 0.464 e. The number of aryl methyl sites for hydroxylation is 2. The van der Waals surface area contributed by atoms with Crippen LogP contribution in [0.1, 0.15) is 24.2 Å². The lowest BCUT2D eigenvalue weighted by molar-refractivity contribution is -0.144. The van der Waals surface area contributed by atoms with Crippen LogP contribution in [0.5, 0.6) is 0 Å². The van der Waals surface area contributed by atoms with Crippen molar-refractivity contribution in [2.75, 3.05) is 11.9 Å². The topological polar surface area (TPSA) is 56.1 Å². The first kappa shape index (κ1) is 15.4. The number of anilines is 1. The molecule has 1 aromatic carbocycles. The molecule has 0 aliphatic heterocycles. The van der Waals surface area contributed by atoms with Crippen LogP contribution in [0.2, 0.25) is 5.02 Å². The van der Waals surface area contributed by atoms with Gasteiger partial charge in [0.2, 0.25) is 0 Å². The molecule has 0 bridgehead atoms. The van der Waals surface area contributed by atoms with Gasteiger partial charge < -0.3 is 10.1 Å². The monoisotopic (exact) mass is 307 g/mol. The molecule has 0 aliphatic carbocycles. The summed E-state index contributed by atoms with van der Waals surface area (Å²) in [5.41, 5.74) is 2.32. The summed E-state index contributed by atoms with van der Waals surface area (Å²) in [6.45, 7) is 3.97. The molecular weight excluding hydrogens is 290 g/mol. The maximum absolute atomic E-state index is 12.2. The molecule has 1 unspecified atom stereocenters. The van der Waals surface area contributed by atoms with Gasteiger partial charge in [-0.3, -0.25) is 4.68 Å². The molecule has 5 nitrogen and oxygen atoms in total. The van der Waals surface area contributed by atoms with Crippen molar-refractivity contribution in [1.82, 2.24) is 9.78 Å². The third-order valence-corrected chi connectivity index (χ3v) is 3.26. The van der Waals surface area contributed by atoms with Gasteiger partial charge in [-0.1, -0.05) is 17.7 Å². The molecule has 2 aromatic rings. The fourth-order valence-electron chi connectivity index (χ4n) is 2.14. The van der Waals surface area contributed by atoms with E-state index >= 15 is 0 Å². The van der Waals surface area contributed by atoms with Gasteiger partial charge in [-0.25, -0.2) is 4.79 Å². The Hall–Kier alpha value is -2.01. The Morgan fingerprint density at radius 1 is 1.52 bits per heavy atom. The third kappa shape index (κ3) is 3.76. The number of nitrogens with one attached hydrogen (secondary N) is 1. The summed E-state index contributed by atoms with van der Waals surface area (Å²) in [5, 5.41) is 8.04. The van der Waals surface area contributed by atoms with E-state index in [9.17, 15) is 4.79 Å². The molecule has 0 amide bonds. The second kappa shape index (κ2) is 6.63. The van der Waals surface area contributed by atoms with E-state index in [1.54, 1.807) is 23.7 Å². The molecule has 1 aromatic heterocycles. The van der Waals surface area contributed by atoms with Gasteiger partial charge in [0.25, 0.3) is 0 Å². The van der Waals surface area contributed by atoms with Crippen molar-refractivity contribution in [2.45, 2.75) is 19.9 Å². The highest BCUT2D eigenvalue weighted by atomic mass is 35.5. The van der Waals surface area contributed by atoms with Crippen LogP contribution in [0.4, 0.5) is 5.69 Å². The molecule has 0 fully saturated rings. The van der Waals surface area contributed by atoms with E-state index < -0.39 is 6.04 Å². The SMILES string of the molecule is CCOC(=O)C(Nc1cccc(Cl)c1)c1cn(C)nc1C. The van der Waals surface area contributed by atoms with E-state index in [4.69, 9.17) is 16.3 Å². The van der Waals surface area contributed by atoms with Crippen LogP contribution in [0.3, 0.4) is 0 Å². The lowest BCUT2D eigenvalue weighted by Gasteiger charge is -2.18. The van der Waals surface area contributed by atoms with Crippen LogP contribution in [0.15, 0.2) is 30.5 Å². The lowest BCUT2D eigenvalue weighted by atomic mass is 10.1. The summed E-state index contributed by atoms with van der Waals surface area (Å²) >= 11 is 5.98. The number of halogens is 1. The van der Waals surface area contributed by atoms with Gasteiger partial charge in [-0.05, 0) is 32.0 Å². The Balaban J connectivity index is 2.32. The van der Waals surface area contributed by atoms with Crippen molar-refractivity contribution in [2.24, 2.45) is 7.05 Å². The van der Waals surface area contributed by atoms with Crippen molar-refractivity contribution in [1.29, 1.82) is 0 Å². The first-order valence-corrected chi connectivity index (χ1v) is 7.08. The molecular formula is C15H18ClN3O2. The Morgan fingerprint density at radius 3 is 2.86 bits per heavy atom. The van der Waals surface area contributed by atoms with Crippen molar-refractivity contribution >= 4 is 23.3 Å². The van der Waals surface area contributed by atoms with Crippen LogP contribution in [-0.4, -0.2) is 22.4 Å². The molecule has 1 heterocycles. The van der Waals surface area contributed by atoms with Crippen molar-refractivity contribution in [3.8, 4) is 0 Å². The average molecular weight is 308 g/mol. The molecule has 0 radical (unpaired) electrons. The number of ether oxygens (including phenoxy) is 1. The Labute approximate surface area is 128 Å². The predicted molar refractivity (Wildman–Crippen MR) is 82.4 cm³/mol. The molecule has 0 aliphatic rings. The smallest absolute Gasteiger partial charge is 0.333 e. The fourth-order valence-corrected chi connectivity index (χ4v) is 2.33. The maximum Gasteiger partial charge on any atom is 0.333 e. The number of carbonyl (C=O) groups excluding carboxylic acids is 1. The van der Waals surface area contributed by atoms with Gasteiger partial charge in [0.15, 0.2) is 6.04 Å². The van der Waals surface area contributed by atoms with Crippen molar-refractivity contribution < 1.29 is 9.53 Å². The maximum atomic E-state index is 12.2. The van der Waals surface area contributed by atoms with Gasteiger partial charge >= 0.3 is 5.97 Å². The Bertz CT molecular complexity index is 640. The summed E-state index contributed by atoms with van der Waals surface area (Å²) in [6, 6.07) is 6.60. The number of carbonyl (C=O) groups is 1. The van der Waals surface area contributed by atoms with Gasteiger partial charge in [0.1, 0.15) is 0 Å². The predicted octanol–water partition coefficient (Wildman–Crippen LogP) is 3.10. The lowest BCUT2D eigenvalue weighted by Crippen LogP contribution is -2.23. The minimum absolute atomic E-state index is 0.325. The van der Waals surface area contributed by atoms with Crippen LogP contribution < -0.4 is 5.32 Å². The number of rotatable bonds is 5. The number of nitrogens with zero attached hydrogens (tertiary/aromatic N) is 2. The van der Waals surface area contributed by atoms with E-state index in [2.05, 4.69) is 10.4 Å². The highest BCUT2D eigenvalue weighted by Gasteiger charge is 2.25. The Kier molecular flexibility index (Phi) is 4.85. The number of esters is 1. The minimum atomic E-state index is -0.614. The molecule has 0 spiro atoms.